The lowest BCUT2D eigenvalue weighted by molar-refractivity contribution is -0.121. The molecule has 0 unspecified atom stereocenters. The fraction of sp³-hybridized carbons (Fsp3) is 0.333. The molecular formula is C24H29N3O2. The molecule has 0 radical (unpaired) electrons. The van der Waals surface area contributed by atoms with Crippen molar-refractivity contribution in [3.63, 3.8) is 0 Å². The van der Waals surface area contributed by atoms with Crippen LogP contribution in [0.15, 0.2) is 54.6 Å². The summed E-state index contributed by atoms with van der Waals surface area (Å²) in [6.45, 7) is 8.88. The molecule has 0 aliphatic rings. The highest BCUT2D eigenvalue weighted by Gasteiger charge is 2.20. The molecule has 5 heteroatoms. The van der Waals surface area contributed by atoms with Crippen LogP contribution in [0, 0.1) is 19.8 Å². The average molecular weight is 392 g/mol. The number of carbonyl (C=O) groups is 1. The van der Waals surface area contributed by atoms with E-state index >= 15 is 0 Å². The maximum atomic E-state index is 12.2. The molecule has 2 aromatic carbocycles. The van der Waals surface area contributed by atoms with E-state index in [1.807, 2.05) is 54.1 Å². The Morgan fingerprint density at radius 2 is 1.86 bits per heavy atom. The summed E-state index contributed by atoms with van der Waals surface area (Å²) in [5.74, 6) is 1.89. The number of aryl methyl sites for hydroxylation is 2. The topological polar surface area (TPSA) is 56.2 Å². The number of carbonyl (C=O) groups excluding carboxylic acids is 1. The smallest absolute Gasteiger partial charge is 0.226 e. The summed E-state index contributed by atoms with van der Waals surface area (Å²) in [5, 5.41) is 7.71. The number of hydrogen-bond donors (Lipinski definition) is 1. The largest absolute Gasteiger partial charge is 0.439 e. The molecule has 0 saturated heterocycles. The second-order valence-electron chi connectivity index (χ2n) is 7.73. The second-order valence-corrected chi connectivity index (χ2v) is 7.73. The van der Waals surface area contributed by atoms with Gasteiger partial charge in [-0.15, -0.1) is 0 Å². The Bertz CT molecular complexity index is 962. The number of rotatable bonds is 8. The normalized spacial score (nSPS) is 10.9. The second kappa shape index (κ2) is 9.41. The lowest BCUT2D eigenvalue weighted by Crippen LogP contribution is -2.27. The first-order chi connectivity index (χ1) is 13.9. The van der Waals surface area contributed by atoms with Crippen LogP contribution in [-0.2, 0) is 11.2 Å². The number of aromatic nitrogens is 2. The minimum Gasteiger partial charge on any atom is -0.439 e. The Labute approximate surface area is 172 Å². The van der Waals surface area contributed by atoms with E-state index < -0.39 is 0 Å². The molecule has 1 aromatic heterocycles. The van der Waals surface area contributed by atoms with Gasteiger partial charge in [-0.1, -0.05) is 44.2 Å². The summed E-state index contributed by atoms with van der Waals surface area (Å²) in [6, 6.07) is 17.8. The first-order valence-electron chi connectivity index (χ1n) is 10.1. The van der Waals surface area contributed by atoms with Gasteiger partial charge in [0, 0.05) is 18.5 Å². The molecule has 0 aliphatic carbocycles. The minimum absolute atomic E-state index is 0.0482. The van der Waals surface area contributed by atoms with E-state index in [-0.39, 0.29) is 5.91 Å². The zero-order valence-electron chi connectivity index (χ0n) is 17.6. The van der Waals surface area contributed by atoms with E-state index in [0.717, 1.165) is 28.3 Å². The summed E-state index contributed by atoms with van der Waals surface area (Å²) in [7, 11) is 0. The lowest BCUT2D eigenvalue weighted by Gasteiger charge is -2.12. The average Bonchev–Trinajstić information content (AvgIpc) is 3.01. The van der Waals surface area contributed by atoms with Gasteiger partial charge >= 0.3 is 0 Å². The Hall–Kier alpha value is -3.08. The maximum Gasteiger partial charge on any atom is 0.226 e. The zero-order valence-corrected chi connectivity index (χ0v) is 17.6. The third kappa shape index (κ3) is 5.47. The van der Waals surface area contributed by atoms with Gasteiger partial charge in [0.05, 0.1) is 11.4 Å². The van der Waals surface area contributed by atoms with Crippen LogP contribution in [0.1, 0.15) is 37.1 Å². The van der Waals surface area contributed by atoms with E-state index in [0.29, 0.717) is 31.2 Å². The monoisotopic (exact) mass is 391 g/mol. The van der Waals surface area contributed by atoms with Crippen LogP contribution >= 0.6 is 0 Å². The van der Waals surface area contributed by atoms with E-state index in [4.69, 9.17) is 9.84 Å². The molecule has 0 spiro atoms. The number of ether oxygens (including phenoxy) is 1. The highest BCUT2D eigenvalue weighted by atomic mass is 16.5. The molecule has 29 heavy (non-hydrogen) atoms. The van der Waals surface area contributed by atoms with Gasteiger partial charge in [-0.3, -0.25) is 4.79 Å². The highest BCUT2D eigenvalue weighted by Crippen LogP contribution is 2.31. The van der Waals surface area contributed by atoms with Crippen molar-refractivity contribution in [2.24, 2.45) is 5.92 Å². The molecule has 0 bridgehead atoms. The quantitative estimate of drug-likeness (QED) is 0.589. The molecule has 0 aliphatic heterocycles. The molecule has 3 rings (SSSR count). The first kappa shape index (κ1) is 20.6. The van der Waals surface area contributed by atoms with Gasteiger partial charge < -0.3 is 10.1 Å². The van der Waals surface area contributed by atoms with Gasteiger partial charge in [-0.2, -0.15) is 5.10 Å². The number of benzene rings is 2. The van der Waals surface area contributed by atoms with Crippen LogP contribution in [0.4, 0.5) is 0 Å². The van der Waals surface area contributed by atoms with Crippen molar-refractivity contribution >= 4 is 5.91 Å². The molecule has 0 atom stereocenters. The molecule has 1 heterocycles. The fourth-order valence-electron chi connectivity index (χ4n) is 3.11. The molecule has 152 valence electrons. The van der Waals surface area contributed by atoms with Gasteiger partial charge in [0.1, 0.15) is 5.75 Å². The van der Waals surface area contributed by atoms with Crippen LogP contribution < -0.4 is 10.1 Å². The predicted molar refractivity (Wildman–Crippen MR) is 116 cm³/mol. The number of hydrogen-bond acceptors (Lipinski definition) is 3. The Kier molecular flexibility index (Phi) is 6.70. The summed E-state index contributed by atoms with van der Waals surface area (Å²) >= 11 is 0. The first-order valence-corrected chi connectivity index (χ1v) is 10.1. The van der Waals surface area contributed by atoms with Gasteiger partial charge in [-0.25, -0.2) is 4.68 Å². The predicted octanol–water partition coefficient (Wildman–Crippen LogP) is 4.99. The van der Waals surface area contributed by atoms with Crippen LogP contribution in [0.2, 0.25) is 0 Å². The van der Waals surface area contributed by atoms with Crippen molar-refractivity contribution in [1.82, 2.24) is 15.1 Å². The number of para-hydroxylation sites is 1. The third-order valence-corrected chi connectivity index (χ3v) is 4.65. The van der Waals surface area contributed by atoms with E-state index in [1.165, 1.54) is 0 Å². The molecule has 1 N–H and O–H groups in total. The zero-order chi connectivity index (χ0) is 20.8. The maximum absolute atomic E-state index is 12.2. The minimum atomic E-state index is 0.0482. The summed E-state index contributed by atoms with van der Waals surface area (Å²) in [5.41, 5.74) is 3.91. The summed E-state index contributed by atoms with van der Waals surface area (Å²) in [4.78, 5) is 12.2. The van der Waals surface area contributed by atoms with Crippen LogP contribution in [0.3, 0.4) is 0 Å². The van der Waals surface area contributed by atoms with Crippen LogP contribution in [-0.4, -0.2) is 22.2 Å². The van der Waals surface area contributed by atoms with Crippen molar-refractivity contribution in [1.29, 1.82) is 0 Å². The van der Waals surface area contributed by atoms with Gasteiger partial charge in [0.15, 0.2) is 0 Å². The van der Waals surface area contributed by atoms with Crippen molar-refractivity contribution in [3.05, 3.63) is 71.4 Å². The molecule has 5 nitrogen and oxygen atoms in total. The molecular weight excluding hydrogens is 362 g/mol. The van der Waals surface area contributed by atoms with Crippen molar-refractivity contribution in [2.75, 3.05) is 6.54 Å². The van der Waals surface area contributed by atoms with Crippen molar-refractivity contribution in [3.8, 4) is 17.3 Å². The molecule has 1 amide bonds. The molecule has 3 aromatic rings. The number of nitrogens with zero attached hydrogens (tertiary/aromatic N) is 2. The van der Waals surface area contributed by atoms with E-state index in [2.05, 4.69) is 38.2 Å². The van der Waals surface area contributed by atoms with E-state index in [9.17, 15) is 4.79 Å². The SMILES string of the molecule is Cc1cccc(-n2nc(C)c(CCC(=O)NCC(C)C)c2Oc2ccccc2)c1. The van der Waals surface area contributed by atoms with E-state index in [1.54, 1.807) is 0 Å². The molecule has 0 fully saturated rings. The Balaban J connectivity index is 1.91. The summed E-state index contributed by atoms with van der Waals surface area (Å²) < 4.78 is 8.09. The van der Waals surface area contributed by atoms with Crippen LogP contribution in [0.25, 0.3) is 5.69 Å². The fourth-order valence-corrected chi connectivity index (χ4v) is 3.11. The summed E-state index contributed by atoms with van der Waals surface area (Å²) in [6.07, 6.45) is 0.974. The van der Waals surface area contributed by atoms with Gasteiger partial charge in [0.2, 0.25) is 11.8 Å². The molecule has 0 saturated carbocycles. The van der Waals surface area contributed by atoms with Gasteiger partial charge in [-0.05, 0) is 56.0 Å². The van der Waals surface area contributed by atoms with Gasteiger partial charge in [0.25, 0.3) is 0 Å². The third-order valence-electron chi connectivity index (χ3n) is 4.65. The van der Waals surface area contributed by atoms with Crippen molar-refractivity contribution < 1.29 is 9.53 Å². The Morgan fingerprint density at radius 1 is 1.10 bits per heavy atom. The highest BCUT2D eigenvalue weighted by molar-refractivity contribution is 5.76. The van der Waals surface area contributed by atoms with Crippen LogP contribution in [0.5, 0.6) is 11.6 Å². The van der Waals surface area contributed by atoms with Crippen molar-refractivity contribution in [2.45, 2.75) is 40.5 Å². The lowest BCUT2D eigenvalue weighted by atomic mass is 10.1. The standard InChI is InChI=1S/C24H29N3O2/c1-17(2)16-25-23(28)14-13-22-19(4)26-27(20-10-8-9-18(3)15-20)24(22)29-21-11-6-5-7-12-21/h5-12,15,17H,13-14,16H2,1-4H3,(H,25,28). The number of nitrogens with one attached hydrogen (secondary N) is 1. The Morgan fingerprint density at radius 3 is 2.55 bits per heavy atom. The number of amides is 1.